The number of aromatic nitrogens is 1. The van der Waals surface area contributed by atoms with E-state index in [1.807, 2.05) is 0 Å². The molecule has 0 saturated heterocycles. The maximum absolute atomic E-state index is 12.0. The van der Waals surface area contributed by atoms with Gasteiger partial charge in [-0.15, -0.1) is 0 Å². The molecule has 0 radical (unpaired) electrons. The quantitative estimate of drug-likeness (QED) is 0.425. The number of hydrogen-bond donors (Lipinski definition) is 2. The van der Waals surface area contributed by atoms with Crippen molar-refractivity contribution in [3.8, 4) is 0 Å². The van der Waals surface area contributed by atoms with Gasteiger partial charge in [-0.1, -0.05) is 12.1 Å². The number of aryl methyl sites for hydroxylation is 2. The Bertz CT molecular complexity index is 818. The Morgan fingerprint density at radius 3 is 2.42 bits per heavy atom. The van der Waals surface area contributed by atoms with E-state index in [0.717, 1.165) is 24.8 Å². The summed E-state index contributed by atoms with van der Waals surface area (Å²) in [6, 6.07) is 9.18. The Morgan fingerprint density at radius 1 is 1.15 bits per heavy atom. The number of hydrogen-bond acceptors (Lipinski definition) is 5. The first-order valence-corrected chi connectivity index (χ1v) is 8.11. The molecule has 1 heterocycles. The molecule has 1 aromatic heterocycles. The maximum atomic E-state index is 12.0. The fourth-order valence-corrected chi connectivity index (χ4v) is 2.44. The molecule has 0 aliphatic rings. The molecule has 0 saturated carbocycles. The third-order valence-corrected chi connectivity index (χ3v) is 3.87. The smallest absolute Gasteiger partial charge is 0.337 e. The van der Waals surface area contributed by atoms with Crippen molar-refractivity contribution in [2.24, 2.45) is 0 Å². The Labute approximate surface area is 150 Å². The van der Waals surface area contributed by atoms with Gasteiger partial charge < -0.3 is 10.4 Å². The monoisotopic (exact) mass is 357 g/mol. The second-order valence-corrected chi connectivity index (χ2v) is 5.77. The highest BCUT2D eigenvalue weighted by atomic mass is 16.6. The summed E-state index contributed by atoms with van der Waals surface area (Å²) >= 11 is 0. The van der Waals surface area contributed by atoms with Gasteiger partial charge in [0.2, 0.25) is 0 Å². The van der Waals surface area contributed by atoms with Gasteiger partial charge in [0.1, 0.15) is 5.69 Å². The van der Waals surface area contributed by atoms with E-state index in [9.17, 15) is 19.7 Å². The highest BCUT2D eigenvalue weighted by Crippen LogP contribution is 2.13. The minimum atomic E-state index is -1.08. The number of carboxylic acids is 1. The zero-order valence-corrected chi connectivity index (χ0v) is 14.3. The van der Waals surface area contributed by atoms with E-state index in [2.05, 4.69) is 10.3 Å². The summed E-state index contributed by atoms with van der Waals surface area (Å²) < 4.78 is 0. The van der Waals surface area contributed by atoms with Crippen LogP contribution in [-0.4, -0.2) is 33.4 Å². The number of pyridine rings is 1. The minimum Gasteiger partial charge on any atom is -0.478 e. The molecule has 0 aliphatic carbocycles. The van der Waals surface area contributed by atoms with E-state index >= 15 is 0 Å². The van der Waals surface area contributed by atoms with E-state index in [4.69, 9.17) is 5.11 Å². The van der Waals surface area contributed by atoms with Gasteiger partial charge in [-0.2, -0.15) is 0 Å². The number of carbonyl (C=O) groups is 2. The summed E-state index contributed by atoms with van der Waals surface area (Å²) in [7, 11) is 0. The molecular weight excluding hydrogens is 338 g/mol. The number of nitrogens with one attached hydrogen (secondary N) is 1. The van der Waals surface area contributed by atoms with Gasteiger partial charge >= 0.3 is 5.97 Å². The topological polar surface area (TPSA) is 122 Å². The normalized spacial score (nSPS) is 10.3. The van der Waals surface area contributed by atoms with Crippen LogP contribution in [0.4, 0.5) is 5.69 Å². The van der Waals surface area contributed by atoms with Crippen molar-refractivity contribution in [2.45, 2.75) is 26.2 Å². The fraction of sp³-hybridized carbons (Fsp3) is 0.278. The van der Waals surface area contributed by atoms with Crippen LogP contribution >= 0.6 is 0 Å². The van der Waals surface area contributed by atoms with Gasteiger partial charge in [0.05, 0.1) is 16.2 Å². The summed E-state index contributed by atoms with van der Waals surface area (Å²) in [6.07, 6.45) is 2.33. The predicted molar refractivity (Wildman–Crippen MR) is 94.3 cm³/mol. The van der Waals surface area contributed by atoms with Crippen molar-refractivity contribution in [2.75, 3.05) is 6.54 Å². The van der Waals surface area contributed by atoms with Gasteiger partial charge in [0, 0.05) is 18.7 Å². The molecule has 26 heavy (non-hydrogen) atoms. The first-order valence-electron chi connectivity index (χ1n) is 8.11. The Kier molecular flexibility index (Phi) is 6.37. The molecular formula is C18H19N3O5. The first kappa shape index (κ1) is 19.0. The molecule has 0 fully saturated rings. The third kappa shape index (κ3) is 5.10. The highest BCUT2D eigenvalue weighted by Gasteiger charge is 2.12. The minimum absolute atomic E-state index is 0.0673. The van der Waals surface area contributed by atoms with Gasteiger partial charge in [-0.05, 0) is 43.9 Å². The number of non-ortho nitro benzene ring substituents is 1. The van der Waals surface area contributed by atoms with Crippen LogP contribution in [0, 0.1) is 17.0 Å². The van der Waals surface area contributed by atoms with E-state index in [1.165, 1.54) is 24.3 Å². The molecule has 2 aromatic rings. The SMILES string of the molecule is Cc1nc(C(=O)NCCCCc2ccc([N+](=O)[O-])cc2)ccc1C(=O)O. The van der Waals surface area contributed by atoms with Gasteiger partial charge in [-0.25, -0.2) is 9.78 Å². The number of nitro benzene ring substituents is 1. The molecule has 2 rings (SSSR count). The molecule has 8 heteroatoms. The summed E-state index contributed by atoms with van der Waals surface area (Å²) in [4.78, 5) is 37.1. The number of rotatable bonds is 8. The predicted octanol–water partition coefficient (Wildman–Crippen LogP) is 2.75. The van der Waals surface area contributed by atoms with Crippen molar-refractivity contribution >= 4 is 17.6 Å². The van der Waals surface area contributed by atoms with Crippen LogP contribution in [0.3, 0.4) is 0 Å². The Balaban J connectivity index is 1.75. The summed E-state index contributed by atoms with van der Waals surface area (Å²) in [5.41, 5.74) is 1.62. The number of amides is 1. The van der Waals surface area contributed by atoms with Crippen LogP contribution < -0.4 is 5.32 Å². The largest absolute Gasteiger partial charge is 0.478 e. The fourth-order valence-electron chi connectivity index (χ4n) is 2.44. The lowest BCUT2D eigenvalue weighted by atomic mass is 10.1. The zero-order chi connectivity index (χ0) is 19.1. The van der Waals surface area contributed by atoms with Gasteiger partial charge in [0.25, 0.3) is 11.6 Å². The van der Waals surface area contributed by atoms with Crippen LogP contribution in [-0.2, 0) is 6.42 Å². The summed E-state index contributed by atoms with van der Waals surface area (Å²) in [6.45, 7) is 2.01. The van der Waals surface area contributed by atoms with E-state index in [0.29, 0.717) is 12.2 Å². The first-order chi connectivity index (χ1) is 12.4. The highest BCUT2D eigenvalue weighted by molar-refractivity contribution is 5.94. The molecule has 0 spiro atoms. The van der Waals surface area contributed by atoms with E-state index in [-0.39, 0.29) is 22.9 Å². The lowest BCUT2D eigenvalue weighted by Gasteiger charge is -2.07. The molecule has 136 valence electrons. The molecule has 8 nitrogen and oxygen atoms in total. The van der Waals surface area contributed by atoms with E-state index in [1.54, 1.807) is 19.1 Å². The summed E-state index contributed by atoms with van der Waals surface area (Å²) in [5.74, 6) is -1.42. The molecule has 0 bridgehead atoms. The molecule has 0 unspecified atom stereocenters. The zero-order valence-electron chi connectivity index (χ0n) is 14.3. The van der Waals surface area contributed by atoms with Crippen LogP contribution in [0.2, 0.25) is 0 Å². The molecule has 2 N–H and O–H groups in total. The van der Waals surface area contributed by atoms with Crippen LogP contribution in [0.1, 0.15) is 44.9 Å². The Hall–Kier alpha value is -3.29. The second-order valence-electron chi connectivity index (χ2n) is 5.77. The van der Waals surface area contributed by atoms with Crippen molar-refractivity contribution < 1.29 is 19.6 Å². The molecule has 1 amide bonds. The van der Waals surface area contributed by atoms with Gasteiger partial charge in [-0.3, -0.25) is 14.9 Å². The van der Waals surface area contributed by atoms with Crippen LogP contribution in [0.25, 0.3) is 0 Å². The van der Waals surface area contributed by atoms with Crippen LogP contribution in [0.15, 0.2) is 36.4 Å². The number of benzene rings is 1. The lowest BCUT2D eigenvalue weighted by molar-refractivity contribution is -0.384. The molecule has 1 aromatic carbocycles. The number of carboxylic acid groups (broad SMARTS) is 1. The standard InChI is InChI=1S/C18H19N3O5/c1-12-15(18(23)24)9-10-16(20-12)17(22)19-11-3-2-4-13-5-7-14(8-6-13)21(25)26/h5-10H,2-4,11H2,1H3,(H,19,22)(H,23,24). The van der Waals surface area contributed by atoms with Crippen molar-refractivity contribution in [3.63, 3.8) is 0 Å². The van der Waals surface area contributed by atoms with Crippen molar-refractivity contribution in [3.05, 3.63) is 69.0 Å². The second kappa shape index (κ2) is 8.70. The van der Waals surface area contributed by atoms with E-state index < -0.39 is 10.9 Å². The van der Waals surface area contributed by atoms with Crippen LogP contribution in [0.5, 0.6) is 0 Å². The summed E-state index contributed by atoms with van der Waals surface area (Å²) in [5, 5.41) is 22.3. The van der Waals surface area contributed by atoms with Crippen molar-refractivity contribution in [1.82, 2.24) is 10.3 Å². The number of aromatic carboxylic acids is 1. The molecule has 0 aliphatic heterocycles. The Morgan fingerprint density at radius 2 is 1.85 bits per heavy atom. The maximum Gasteiger partial charge on any atom is 0.337 e. The average molecular weight is 357 g/mol. The number of carbonyl (C=O) groups excluding carboxylic acids is 1. The number of unbranched alkanes of at least 4 members (excludes halogenated alkanes) is 1. The number of nitrogens with zero attached hydrogens (tertiary/aromatic N) is 2. The average Bonchev–Trinajstić information content (AvgIpc) is 2.61. The number of nitro groups is 1. The van der Waals surface area contributed by atoms with Gasteiger partial charge in [0.15, 0.2) is 0 Å². The lowest BCUT2D eigenvalue weighted by Crippen LogP contribution is -2.26. The molecule has 0 atom stereocenters. The van der Waals surface area contributed by atoms with Crippen molar-refractivity contribution in [1.29, 1.82) is 0 Å². The third-order valence-electron chi connectivity index (χ3n) is 3.87.